The Balaban J connectivity index is 1.46. The monoisotopic (exact) mass is 321 g/mol. The minimum Gasteiger partial charge on any atom is -0.351 e. The van der Waals surface area contributed by atoms with Crippen LogP contribution < -0.4 is 4.90 Å². The Bertz CT molecular complexity index is 683. The van der Waals surface area contributed by atoms with Gasteiger partial charge in [-0.2, -0.15) is 0 Å². The number of aromatic nitrogens is 1. The average Bonchev–Trinajstić information content (AvgIpc) is 2.62. The number of piperazine rings is 1. The Kier molecular flexibility index (Phi) is 4.52. The van der Waals surface area contributed by atoms with E-state index >= 15 is 0 Å². The van der Waals surface area contributed by atoms with E-state index in [1.54, 1.807) is 0 Å². The normalized spacial score (nSPS) is 20.5. The lowest BCUT2D eigenvalue weighted by atomic mass is 9.95. The van der Waals surface area contributed by atoms with Gasteiger partial charge in [0.05, 0.1) is 0 Å². The van der Waals surface area contributed by atoms with Gasteiger partial charge in [-0.3, -0.25) is 4.90 Å². The van der Waals surface area contributed by atoms with Gasteiger partial charge in [-0.15, -0.1) is 0 Å². The fraction of sp³-hybridized carbons (Fsp3) is 0.476. The van der Waals surface area contributed by atoms with E-state index in [1.807, 2.05) is 0 Å². The molecule has 0 bridgehead atoms. The number of hydrogen-bond acceptors (Lipinski definition) is 3. The topological polar surface area (TPSA) is 19.4 Å². The molecule has 1 aromatic carbocycles. The van der Waals surface area contributed by atoms with Crippen LogP contribution in [-0.4, -0.2) is 35.6 Å². The van der Waals surface area contributed by atoms with Gasteiger partial charge in [0.15, 0.2) is 0 Å². The van der Waals surface area contributed by atoms with Crippen molar-refractivity contribution >= 4 is 5.82 Å². The maximum Gasteiger partial charge on any atom is 0.132 e. The molecule has 1 unspecified atom stereocenters. The minimum absolute atomic E-state index is 0.625. The molecule has 2 aromatic rings. The number of rotatable bonds is 4. The van der Waals surface area contributed by atoms with Crippen molar-refractivity contribution in [1.29, 1.82) is 0 Å². The van der Waals surface area contributed by atoms with Crippen LogP contribution in [-0.2, 0) is 19.4 Å². The first-order chi connectivity index (χ1) is 11.8. The summed E-state index contributed by atoms with van der Waals surface area (Å²) in [5.41, 5.74) is 4.29. The second kappa shape index (κ2) is 6.94. The molecule has 1 saturated heterocycles. The van der Waals surface area contributed by atoms with Crippen LogP contribution in [0.4, 0.5) is 5.82 Å². The van der Waals surface area contributed by atoms with E-state index in [1.165, 1.54) is 41.8 Å². The Morgan fingerprint density at radius 1 is 1.12 bits per heavy atom. The van der Waals surface area contributed by atoms with Gasteiger partial charge in [0.2, 0.25) is 0 Å². The zero-order chi connectivity index (χ0) is 16.4. The van der Waals surface area contributed by atoms with Gasteiger partial charge in [-0.25, -0.2) is 4.98 Å². The lowest BCUT2D eigenvalue weighted by molar-refractivity contribution is 0.206. The summed E-state index contributed by atoms with van der Waals surface area (Å²) in [4.78, 5) is 10.0. The highest BCUT2D eigenvalue weighted by atomic mass is 15.3. The van der Waals surface area contributed by atoms with Crippen LogP contribution in [0.3, 0.4) is 0 Å². The Morgan fingerprint density at radius 3 is 2.83 bits per heavy atom. The molecule has 0 amide bonds. The number of aryl methyl sites for hydroxylation is 2. The Hall–Kier alpha value is -1.87. The highest BCUT2D eigenvalue weighted by Crippen LogP contribution is 2.32. The average molecular weight is 321 g/mol. The van der Waals surface area contributed by atoms with E-state index in [2.05, 4.69) is 59.3 Å². The van der Waals surface area contributed by atoms with Crippen LogP contribution in [0.5, 0.6) is 0 Å². The van der Waals surface area contributed by atoms with Gasteiger partial charge in [0.25, 0.3) is 0 Å². The van der Waals surface area contributed by atoms with Crippen molar-refractivity contribution in [2.45, 2.75) is 45.2 Å². The van der Waals surface area contributed by atoms with Crippen LogP contribution in [0.15, 0.2) is 42.6 Å². The molecule has 1 fully saturated rings. The van der Waals surface area contributed by atoms with Gasteiger partial charge in [-0.1, -0.05) is 49.7 Å². The highest BCUT2D eigenvalue weighted by Gasteiger charge is 2.32. The molecule has 2 aliphatic heterocycles. The molecule has 0 N–H and O–H groups in total. The molecule has 4 rings (SSSR count). The van der Waals surface area contributed by atoms with Gasteiger partial charge >= 0.3 is 0 Å². The van der Waals surface area contributed by atoms with E-state index in [9.17, 15) is 0 Å². The minimum atomic E-state index is 0.625. The maximum atomic E-state index is 4.84. The largest absolute Gasteiger partial charge is 0.351 e. The molecular formula is C21H27N3. The molecule has 3 heterocycles. The number of pyridine rings is 1. The molecule has 0 aliphatic carbocycles. The van der Waals surface area contributed by atoms with Crippen molar-refractivity contribution in [3.05, 3.63) is 59.3 Å². The second-order valence-corrected chi connectivity index (χ2v) is 7.18. The first-order valence-electron chi connectivity index (χ1n) is 9.34. The molecule has 0 spiro atoms. The summed E-state index contributed by atoms with van der Waals surface area (Å²) >= 11 is 0. The molecule has 1 atom stereocenters. The molecule has 24 heavy (non-hydrogen) atoms. The summed E-state index contributed by atoms with van der Waals surface area (Å²) in [7, 11) is 0. The van der Waals surface area contributed by atoms with Crippen molar-refractivity contribution < 1.29 is 0 Å². The van der Waals surface area contributed by atoms with E-state index < -0.39 is 0 Å². The quantitative estimate of drug-likeness (QED) is 0.856. The third-order valence-corrected chi connectivity index (χ3v) is 5.37. The van der Waals surface area contributed by atoms with E-state index in [0.717, 1.165) is 32.6 Å². The number of hydrogen-bond donors (Lipinski definition) is 0. The van der Waals surface area contributed by atoms with Crippen molar-refractivity contribution in [3.8, 4) is 0 Å². The number of anilines is 1. The molecule has 3 heteroatoms. The maximum absolute atomic E-state index is 4.84. The number of nitrogens with zero attached hydrogens (tertiary/aromatic N) is 3. The summed E-state index contributed by atoms with van der Waals surface area (Å²) < 4.78 is 0. The molecule has 1 aromatic heterocycles. The zero-order valence-electron chi connectivity index (χ0n) is 14.6. The summed E-state index contributed by atoms with van der Waals surface area (Å²) in [5.74, 6) is 1.26. The van der Waals surface area contributed by atoms with Crippen molar-refractivity contribution in [2.75, 3.05) is 24.5 Å². The van der Waals surface area contributed by atoms with Gasteiger partial charge in [0, 0.05) is 38.4 Å². The van der Waals surface area contributed by atoms with E-state index in [0.29, 0.717) is 6.04 Å². The van der Waals surface area contributed by atoms with Gasteiger partial charge in [-0.05, 0) is 36.0 Å². The highest BCUT2D eigenvalue weighted by molar-refractivity contribution is 5.52. The number of fused-ring (bicyclic) bond motifs is 3. The smallest absolute Gasteiger partial charge is 0.132 e. The van der Waals surface area contributed by atoms with Crippen LogP contribution in [0.25, 0.3) is 0 Å². The molecule has 126 valence electrons. The van der Waals surface area contributed by atoms with Crippen molar-refractivity contribution in [2.24, 2.45) is 0 Å². The standard InChI is InChI=1S/C21H27N3/c1-2-6-18-13-19-9-10-20-16-23(15-17-7-4-3-5-8-17)11-12-24(20)21(19)22-14-18/h3-5,7-8,13-14,20H,2,6,9-12,15-16H2,1H3. The summed E-state index contributed by atoms with van der Waals surface area (Å²) in [5, 5.41) is 0. The third-order valence-electron chi connectivity index (χ3n) is 5.37. The lowest BCUT2D eigenvalue weighted by Gasteiger charge is -2.45. The van der Waals surface area contributed by atoms with E-state index in [4.69, 9.17) is 4.98 Å². The first kappa shape index (κ1) is 15.6. The van der Waals surface area contributed by atoms with E-state index in [-0.39, 0.29) is 0 Å². The molecule has 2 aliphatic rings. The van der Waals surface area contributed by atoms with Crippen LogP contribution in [0, 0.1) is 0 Å². The fourth-order valence-electron chi connectivity index (χ4n) is 4.17. The van der Waals surface area contributed by atoms with Crippen molar-refractivity contribution in [1.82, 2.24) is 9.88 Å². The summed E-state index contributed by atoms with van der Waals surface area (Å²) in [6.07, 6.45) is 6.88. The SMILES string of the molecule is CCCc1cnc2c(c1)CCC1CN(Cc3ccccc3)CCN21. The summed E-state index contributed by atoms with van der Waals surface area (Å²) in [6, 6.07) is 13.9. The zero-order valence-corrected chi connectivity index (χ0v) is 14.6. The van der Waals surface area contributed by atoms with Crippen LogP contribution in [0.2, 0.25) is 0 Å². The first-order valence-corrected chi connectivity index (χ1v) is 9.34. The molecular weight excluding hydrogens is 294 g/mol. The molecule has 3 nitrogen and oxygen atoms in total. The van der Waals surface area contributed by atoms with Crippen LogP contribution in [0.1, 0.15) is 36.5 Å². The predicted octanol–water partition coefficient (Wildman–Crippen LogP) is 3.67. The Morgan fingerprint density at radius 2 is 2.00 bits per heavy atom. The van der Waals surface area contributed by atoms with Crippen molar-refractivity contribution in [3.63, 3.8) is 0 Å². The molecule has 0 saturated carbocycles. The van der Waals surface area contributed by atoms with Gasteiger partial charge < -0.3 is 4.90 Å². The van der Waals surface area contributed by atoms with Gasteiger partial charge in [0.1, 0.15) is 5.82 Å². The lowest BCUT2D eigenvalue weighted by Crippen LogP contribution is -2.55. The fourth-order valence-corrected chi connectivity index (χ4v) is 4.17. The second-order valence-electron chi connectivity index (χ2n) is 7.18. The van der Waals surface area contributed by atoms with Crippen LogP contribution >= 0.6 is 0 Å². The summed E-state index contributed by atoms with van der Waals surface area (Å²) in [6.45, 7) is 6.70. The third kappa shape index (κ3) is 3.18. The Labute approximate surface area is 145 Å². The number of benzene rings is 1. The predicted molar refractivity (Wildman–Crippen MR) is 99.4 cm³/mol. The molecule has 0 radical (unpaired) electrons.